The van der Waals surface area contributed by atoms with E-state index in [0.29, 0.717) is 12.0 Å². The number of carbonyl (C=O) groups is 4. The summed E-state index contributed by atoms with van der Waals surface area (Å²) < 4.78 is 37.9. The number of ether oxygens (including phenoxy) is 6. The second-order valence-corrected chi connectivity index (χ2v) is 18.1. The lowest BCUT2D eigenvalue weighted by molar-refractivity contribution is -0.372. The van der Waals surface area contributed by atoms with Gasteiger partial charge in [0.25, 0.3) is 0 Å². The van der Waals surface area contributed by atoms with Gasteiger partial charge in [-0.3, -0.25) is 19.2 Å². The molecule has 0 bridgehead atoms. The van der Waals surface area contributed by atoms with E-state index in [1.54, 1.807) is 83.1 Å². The fraction of sp³-hybridized carbons (Fsp3) is 0.619. The standard InChI is InChI=1S/C42H58O10/c1-14-25-15-17-26(18-16-25)21-27-19-20-28-23-48-42(29(28)22-27)33(51-37(46)41(11,12)13)32(50-36(45)40(8,9)10)31(49-35(44)39(5,6)7)30(52-42)24-47-34(43)38(2,3)4/h15-20,22,30-33H,14,21,23-24H2,1-13H3/t30-,31-,32+,33-,42+/m1/s1. The average Bonchev–Trinajstić information content (AvgIpc) is 3.38. The Balaban J connectivity index is 1.93. The predicted octanol–water partition coefficient (Wildman–Crippen LogP) is 7.38. The van der Waals surface area contributed by atoms with E-state index in [1.165, 1.54) is 5.56 Å². The lowest BCUT2D eigenvalue weighted by atomic mass is 9.85. The van der Waals surface area contributed by atoms with Crippen LogP contribution in [0.15, 0.2) is 42.5 Å². The third-order valence-electron chi connectivity index (χ3n) is 9.07. The molecule has 0 unspecified atom stereocenters. The largest absolute Gasteiger partial charge is 0.462 e. The number of fused-ring (bicyclic) bond motifs is 2. The number of hydrogen-bond donors (Lipinski definition) is 0. The van der Waals surface area contributed by atoms with Crippen molar-refractivity contribution in [1.29, 1.82) is 0 Å². The monoisotopic (exact) mass is 722 g/mol. The highest BCUT2D eigenvalue weighted by atomic mass is 16.8. The molecule has 1 fully saturated rings. The van der Waals surface area contributed by atoms with Crippen molar-refractivity contribution in [2.45, 2.75) is 140 Å². The molecule has 10 heteroatoms. The minimum absolute atomic E-state index is 0.0886. The van der Waals surface area contributed by atoms with Crippen LogP contribution in [0.3, 0.4) is 0 Å². The fourth-order valence-corrected chi connectivity index (χ4v) is 5.68. The van der Waals surface area contributed by atoms with Crippen LogP contribution >= 0.6 is 0 Å². The van der Waals surface area contributed by atoms with Crippen molar-refractivity contribution in [3.05, 3.63) is 70.3 Å². The van der Waals surface area contributed by atoms with Gasteiger partial charge in [0.1, 0.15) is 12.7 Å². The number of benzene rings is 2. The van der Waals surface area contributed by atoms with Crippen LogP contribution in [0, 0.1) is 21.7 Å². The van der Waals surface area contributed by atoms with Crippen molar-refractivity contribution in [2.75, 3.05) is 6.61 Å². The number of carbonyl (C=O) groups excluding carboxylic acids is 4. The highest BCUT2D eigenvalue weighted by Crippen LogP contribution is 2.50. The molecule has 0 aromatic heterocycles. The first-order valence-corrected chi connectivity index (χ1v) is 18.2. The molecule has 52 heavy (non-hydrogen) atoms. The molecule has 4 rings (SSSR count). The van der Waals surface area contributed by atoms with Gasteiger partial charge in [-0.05, 0) is 124 Å². The Kier molecular flexibility index (Phi) is 11.8. The van der Waals surface area contributed by atoms with Gasteiger partial charge in [-0.1, -0.05) is 43.3 Å². The van der Waals surface area contributed by atoms with Crippen LogP contribution in [0.4, 0.5) is 0 Å². The van der Waals surface area contributed by atoms with E-state index in [1.807, 2.05) is 18.2 Å². The highest BCUT2D eigenvalue weighted by molar-refractivity contribution is 5.78. The summed E-state index contributed by atoms with van der Waals surface area (Å²) in [7, 11) is 0. The zero-order valence-electron chi connectivity index (χ0n) is 33.3. The molecule has 2 aliphatic rings. The first-order valence-electron chi connectivity index (χ1n) is 18.2. The van der Waals surface area contributed by atoms with Gasteiger partial charge in [0, 0.05) is 5.56 Å². The van der Waals surface area contributed by atoms with Crippen LogP contribution in [0.5, 0.6) is 0 Å². The highest BCUT2D eigenvalue weighted by Gasteiger charge is 2.65. The predicted molar refractivity (Wildman–Crippen MR) is 195 cm³/mol. The van der Waals surface area contributed by atoms with Crippen molar-refractivity contribution in [3.8, 4) is 0 Å². The van der Waals surface area contributed by atoms with Gasteiger partial charge in [0.05, 0.1) is 28.3 Å². The third kappa shape index (κ3) is 9.23. The number of hydrogen-bond acceptors (Lipinski definition) is 10. The average molecular weight is 723 g/mol. The van der Waals surface area contributed by atoms with Crippen LogP contribution in [-0.4, -0.2) is 54.9 Å². The van der Waals surface area contributed by atoms with Crippen LogP contribution in [-0.2, 0) is 72.8 Å². The first kappa shape index (κ1) is 41.0. The molecule has 0 radical (unpaired) electrons. The van der Waals surface area contributed by atoms with E-state index in [-0.39, 0.29) is 13.2 Å². The summed E-state index contributed by atoms with van der Waals surface area (Å²) in [5.41, 5.74) is 0.827. The SMILES string of the molecule is CCc1ccc(Cc2ccc3c(c2)[C@]2(OC3)O[C@H](COC(=O)C(C)(C)C)[C@@H](OC(=O)C(C)(C)C)[C@H](OC(=O)C(C)(C)C)[C@H]2OC(=O)C(C)(C)C)cc1. The molecule has 0 amide bonds. The van der Waals surface area contributed by atoms with E-state index in [0.717, 1.165) is 23.1 Å². The van der Waals surface area contributed by atoms with E-state index in [4.69, 9.17) is 28.4 Å². The van der Waals surface area contributed by atoms with Crippen molar-refractivity contribution >= 4 is 23.9 Å². The Bertz CT molecular complexity index is 1630. The number of aryl methyl sites for hydroxylation is 1. The molecule has 2 heterocycles. The Morgan fingerprint density at radius 2 is 1.13 bits per heavy atom. The lowest BCUT2D eigenvalue weighted by Gasteiger charge is -2.50. The molecule has 10 nitrogen and oxygen atoms in total. The molecule has 2 aromatic carbocycles. The maximum atomic E-state index is 13.8. The van der Waals surface area contributed by atoms with Crippen LogP contribution in [0.2, 0.25) is 0 Å². The molecule has 5 atom stereocenters. The maximum absolute atomic E-state index is 13.8. The van der Waals surface area contributed by atoms with Crippen molar-refractivity contribution in [3.63, 3.8) is 0 Å². The molecule has 286 valence electrons. The van der Waals surface area contributed by atoms with Gasteiger partial charge >= 0.3 is 23.9 Å². The lowest BCUT2D eigenvalue weighted by Crippen LogP contribution is -2.67. The van der Waals surface area contributed by atoms with Crippen molar-refractivity contribution < 1.29 is 47.6 Å². The van der Waals surface area contributed by atoms with Gasteiger partial charge in [-0.2, -0.15) is 0 Å². The Hall–Kier alpha value is -3.76. The Morgan fingerprint density at radius 1 is 0.654 bits per heavy atom. The molecule has 0 saturated carbocycles. The summed E-state index contributed by atoms with van der Waals surface area (Å²) in [6.45, 7) is 22.3. The van der Waals surface area contributed by atoms with Gasteiger partial charge in [-0.25, -0.2) is 0 Å². The Morgan fingerprint density at radius 3 is 1.65 bits per heavy atom. The molecular formula is C42H58O10. The summed E-state index contributed by atoms with van der Waals surface area (Å²) >= 11 is 0. The molecular weight excluding hydrogens is 664 g/mol. The van der Waals surface area contributed by atoms with E-state index >= 15 is 0 Å². The smallest absolute Gasteiger partial charge is 0.311 e. The van der Waals surface area contributed by atoms with Crippen LogP contribution in [0.1, 0.15) is 118 Å². The van der Waals surface area contributed by atoms with Gasteiger partial charge in [0.15, 0.2) is 12.2 Å². The number of esters is 4. The fourth-order valence-electron chi connectivity index (χ4n) is 5.68. The summed E-state index contributed by atoms with van der Waals surface area (Å²) in [6.07, 6.45) is -3.88. The van der Waals surface area contributed by atoms with Gasteiger partial charge in [-0.15, -0.1) is 0 Å². The molecule has 1 saturated heterocycles. The topological polar surface area (TPSA) is 124 Å². The minimum atomic E-state index is -1.83. The quantitative estimate of drug-likeness (QED) is 0.201. The van der Waals surface area contributed by atoms with Gasteiger partial charge in [0.2, 0.25) is 11.9 Å². The minimum Gasteiger partial charge on any atom is -0.462 e. The third-order valence-corrected chi connectivity index (χ3v) is 9.07. The first-order chi connectivity index (χ1) is 23.9. The second kappa shape index (κ2) is 14.9. The zero-order chi connectivity index (χ0) is 39.0. The van der Waals surface area contributed by atoms with Crippen molar-refractivity contribution in [2.24, 2.45) is 21.7 Å². The van der Waals surface area contributed by atoms with Crippen LogP contribution < -0.4 is 0 Å². The number of rotatable bonds is 8. The Labute approximate surface area is 309 Å². The molecule has 0 aliphatic carbocycles. The molecule has 2 aromatic rings. The van der Waals surface area contributed by atoms with Crippen molar-refractivity contribution in [1.82, 2.24) is 0 Å². The summed E-state index contributed by atoms with van der Waals surface area (Å²) in [5, 5.41) is 0. The maximum Gasteiger partial charge on any atom is 0.311 e. The van der Waals surface area contributed by atoms with E-state index in [2.05, 4.69) is 31.2 Å². The zero-order valence-corrected chi connectivity index (χ0v) is 33.3. The summed E-state index contributed by atoms with van der Waals surface area (Å²) in [4.78, 5) is 54.3. The van der Waals surface area contributed by atoms with Crippen LogP contribution in [0.25, 0.3) is 0 Å². The van der Waals surface area contributed by atoms with Gasteiger partial charge < -0.3 is 28.4 Å². The second-order valence-electron chi connectivity index (χ2n) is 18.1. The molecule has 0 N–H and O–H groups in total. The molecule has 2 aliphatic heterocycles. The summed E-state index contributed by atoms with van der Waals surface area (Å²) in [6, 6.07) is 14.3. The molecule has 1 spiro atoms. The van der Waals surface area contributed by atoms with E-state index in [9.17, 15) is 19.2 Å². The normalized spacial score (nSPS) is 23.5. The summed E-state index contributed by atoms with van der Waals surface area (Å²) in [5.74, 6) is -4.20. The van der Waals surface area contributed by atoms with E-state index < -0.39 is 75.7 Å².